The molecule has 1 fully saturated rings. The molecule has 1 aliphatic rings. The maximum absolute atomic E-state index is 12.6. The van der Waals surface area contributed by atoms with Crippen LogP contribution in [0.1, 0.15) is 24.0 Å². The first kappa shape index (κ1) is 18.2. The molecule has 3 rings (SSSR count). The SMILES string of the molecule is COc1ccc(CCc2ccc(OC(F)F)c(OCC3CC3)c2)c[n+]1[O-]. The largest absolute Gasteiger partial charge is 0.616 e. The molecule has 1 saturated carbocycles. The van der Waals surface area contributed by atoms with Gasteiger partial charge in [0, 0.05) is 5.56 Å². The first-order valence-electron chi connectivity index (χ1n) is 8.52. The summed E-state index contributed by atoms with van der Waals surface area (Å²) in [7, 11) is 1.44. The summed E-state index contributed by atoms with van der Waals surface area (Å²) in [5.74, 6) is 1.12. The van der Waals surface area contributed by atoms with Crippen molar-refractivity contribution in [3.05, 3.63) is 52.9 Å². The summed E-state index contributed by atoms with van der Waals surface area (Å²) in [5.41, 5.74) is 1.78. The van der Waals surface area contributed by atoms with Gasteiger partial charge in [-0.2, -0.15) is 8.78 Å². The van der Waals surface area contributed by atoms with E-state index in [2.05, 4.69) is 4.74 Å². The van der Waals surface area contributed by atoms with E-state index < -0.39 is 6.61 Å². The fraction of sp³-hybridized carbons (Fsp3) is 0.421. The number of nitrogens with zero attached hydrogens (tertiary/aromatic N) is 1. The van der Waals surface area contributed by atoms with Gasteiger partial charge in [0.05, 0.1) is 19.8 Å². The summed E-state index contributed by atoms with van der Waals surface area (Å²) in [6.45, 7) is -2.38. The molecule has 1 aromatic heterocycles. The highest BCUT2D eigenvalue weighted by Crippen LogP contribution is 2.34. The molecule has 0 saturated heterocycles. The number of pyridine rings is 1. The average Bonchev–Trinajstić information content (AvgIpc) is 3.43. The number of aryl methyl sites for hydroxylation is 2. The molecule has 0 spiro atoms. The third kappa shape index (κ3) is 4.97. The molecule has 2 aromatic rings. The van der Waals surface area contributed by atoms with Crippen LogP contribution in [-0.4, -0.2) is 20.3 Å². The number of rotatable bonds is 9. The molecule has 0 radical (unpaired) electrons. The number of hydrogen-bond donors (Lipinski definition) is 0. The van der Waals surface area contributed by atoms with E-state index in [9.17, 15) is 14.0 Å². The second-order valence-corrected chi connectivity index (χ2v) is 6.32. The third-order valence-corrected chi connectivity index (χ3v) is 4.25. The maximum Gasteiger partial charge on any atom is 0.387 e. The maximum atomic E-state index is 12.6. The van der Waals surface area contributed by atoms with E-state index in [4.69, 9.17) is 9.47 Å². The van der Waals surface area contributed by atoms with Gasteiger partial charge in [0.25, 0.3) is 0 Å². The molecule has 26 heavy (non-hydrogen) atoms. The molecule has 5 nitrogen and oxygen atoms in total. The molecule has 7 heteroatoms. The second-order valence-electron chi connectivity index (χ2n) is 6.32. The van der Waals surface area contributed by atoms with Gasteiger partial charge in [-0.3, -0.25) is 0 Å². The monoisotopic (exact) mass is 365 g/mol. The van der Waals surface area contributed by atoms with E-state index in [1.54, 1.807) is 18.2 Å². The Bertz CT molecular complexity index is 750. The average molecular weight is 365 g/mol. The van der Waals surface area contributed by atoms with Crippen molar-refractivity contribution >= 4 is 0 Å². The summed E-state index contributed by atoms with van der Waals surface area (Å²) in [6, 6.07) is 8.41. The van der Waals surface area contributed by atoms with Gasteiger partial charge in [0.15, 0.2) is 17.7 Å². The minimum Gasteiger partial charge on any atom is -0.616 e. The summed E-state index contributed by atoms with van der Waals surface area (Å²) >= 11 is 0. The van der Waals surface area contributed by atoms with Crippen LogP contribution in [0.2, 0.25) is 0 Å². The fourth-order valence-corrected chi connectivity index (χ4v) is 2.61. The zero-order chi connectivity index (χ0) is 18.5. The molecular weight excluding hydrogens is 344 g/mol. The lowest BCUT2D eigenvalue weighted by Gasteiger charge is -2.13. The number of hydrogen-bond acceptors (Lipinski definition) is 4. The Morgan fingerprint density at radius 3 is 2.50 bits per heavy atom. The van der Waals surface area contributed by atoms with E-state index in [0.29, 0.717) is 35.8 Å². The molecule has 0 bridgehead atoms. The smallest absolute Gasteiger partial charge is 0.387 e. The Morgan fingerprint density at radius 1 is 1.12 bits per heavy atom. The fourth-order valence-electron chi connectivity index (χ4n) is 2.61. The van der Waals surface area contributed by atoms with Gasteiger partial charge in [-0.05, 0) is 55.4 Å². The van der Waals surface area contributed by atoms with Gasteiger partial charge in [0.2, 0.25) is 0 Å². The lowest BCUT2D eigenvalue weighted by molar-refractivity contribution is -0.612. The van der Waals surface area contributed by atoms with E-state index in [0.717, 1.165) is 24.0 Å². The highest BCUT2D eigenvalue weighted by atomic mass is 19.3. The van der Waals surface area contributed by atoms with Gasteiger partial charge in [-0.15, -0.1) is 4.73 Å². The third-order valence-electron chi connectivity index (χ3n) is 4.25. The first-order valence-corrected chi connectivity index (χ1v) is 8.52. The highest BCUT2D eigenvalue weighted by molar-refractivity contribution is 5.43. The lowest BCUT2D eigenvalue weighted by Crippen LogP contribution is -2.28. The van der Waals surface area contributed by atoms with Crippen LogP contribution in [0.5, 0.6) is 17.4 Å². The molecule has 140 valence electrons. The molecule has 0 aliphatic heterocycles. The molecule has 0 unspecified atom stereocenters. The quantitative estimate of drug-likeness (QED) is 0.504. The zero-order valence-corrected chi connectivity index (χ0v) is 14.5. The highest BCUT2D eigenvalue weighted by Gasteiger charge is 2.23. The van der Waals surface area contributed by atoms with Crippen molar-refractivity contribution in [2.24, 2.45) is 5.92 Å². The van der Waals surface area contributed by atoms with Gasteiger partial charge < -0.3 is 19.4 Å². The summed E-state index contributed by atoms with van der Waals surface area (Å²) in [6.07, 6.45) is 4.96. The standard InChI is InChI=1S/C19H21F2NO4/c1-24-18-9-7-14(11-22(18)23)3-2-13-6-8-16(26-19(20)21)17(10-13)25-12-15-4-5-15/h6-11,15,19H,2-5,12H2,1H3. The van der Waals surface area contributed by atoms with Crippen molar-refractivity contribution in [1.82, 2.24) is 0 Å². The van der Waals surface area contributed by atoms with E-state index in [1.807, 2.05) is 6.07 Å². The summed E-state index contributed by atoms with van der Waals surface area (Å²) in [5, 5.41) is 11.7. The number of methoxy groups -OCH3 is 1. The van der Waals surface area contributed by atoms with Crippen LogP contribution in [0.4, 0.5) is 8.78 Å². The second kappa shape index (κ2) is 8.21. The number of alkyl halides is 2. The Kier molecular flexibility index (Phi) is 5.75. The first-order chi connectivity index (χ1) is 12.5. The van der Waals surface area contributed by atoms with Crippen molar-refractivity contribution in [2.45, 2.75) is 32.3 Å². The molecule has 0 atom stereocenters. The van der Waals surface area contributed by atoms with Crippen LogP contribution in [0, 0.1) is 11.1 Å². The molecule has 0 amide bonds. The van der Waals surface area contributed by atoms with Crippen molar-refractivity contribution < 1.29 is 27.7 Å². The van der Waals surface area contributed by atoms with Crippen molar-refractivity contribution in [3.63, 3.8) is 0 Å². The Hall–Kier alpha value is -2.57. The Morgan fingerprint density at radius 2 is 1.85 bits per heavy atom. The van der Waals surface area contributed by atoms with Crippen molar-refractivity contribution in [2.75, 3.05) is 13.7 Å². The predicted molar refractivity (Wildman–Crippen MR) is 90.7 cm³/mol. The Balaban J connectivity index is 1.68. The zero-order valence-electron chi connectivity index (χ0n) is 14.5. The minimum absolute atomic E-state index is 0.0475. The normalized spacial score (nSPS) is 13.7. The van der Waals surface area contributed by atoms with Gasteiger partial charge in [-0.1, -0.05) is 6.07 Å². The minimum atomic E-state index is -2.89. The van der Waals surface area contributed by atoms with Gasteiger partial charge in [-0.25, -0.2) is 0 Å². The van der Waals surface area contributed by atoms with E-state index >= 15 is 0 Å². The van der Waals surface area contributed by atoms with Crippen LogP contribution >= 0.6 is 0 Å². The van der Waals surface area contributed by atoms with Crippen molar-refractivity contribution in [3.8, 4) is 17.4 Å². The van der Waals surface area contributed by atoms with E-state index in [1.165, 1.54) is 19.4 Å². The van der Waals surface area contributed by atoms with Gasteiger partial charge in [0.1, 0.15) is 0 Å². The summed E-state index contributed by atoms with van der Waals surface area (Å²) in [4.78, 5) is 0. The van der Waals surface area contributed by atoms with E-state index in [-0.39, 0.29) is 11.6 Å². The molecule has 0 N–H and O–H groups in total. The molecule has 1 aliphatic carbocycles. The molecular formula is C19H21F2NO4. The topological polar surface area (TPSA) is 54.6 Å². The lowest BCUT2D eigenvalue weighted by atomic mass is 10.1. The Labute approximate surface area is 150 Å². The van der Waals surface area contributed by atoms with Crippen LogP contribution in [-0.2, 0) is 12.8 Å². The van der Waals surface area contributed by atoms with Crippen LogP contribution in [0.15, 0.2) is 36.5 Å². The predicted octanol–water partition coefficient (Wildman–Crippen LogP) is 3.50. The number of benzene rings is 1. The number of halogens is 2. The van der Waals surface area contributed by atoms with Crippen LogP contribution < -0.4 is 18.9 Å². The van der Waals surface area contributed by atoms with Crippen molar-refractivity contribution in [1.29, 1.82) is 0 Å². The van der Waals surface area contributed by atoms with Crippen LogP contribution in [0.3, 0.4) is 0 Å². The van der Waals surface area contributed by atoms with Gasteiger partial charge >= 0.3 is 12.5 Å². The molecule has 1 aromatic carbocycles. The number of aromatic nitrogens is 1. The van der Waals surface area contributed by atoms with Crippen LogP contribution in [0.25, 0.3) is 0 Å². The molecule has 1 heterocycles. The number of ether oxygens (including phenoxy) is 3. The summed E-state index contributed by atoms with van der Waals surface area (Å²) < 4.78 is 41.0.